The number of benzene rings is 2. The minimum Gasteiger partial charge on any atom is -0.497 e. The Morgan fingerprint density at radius 3 is 2.58 bits per heavy atom. The molecule has 0 radical (unpaired) electrons. The predicted octanol–water partition coefficient (Wildman–Crippen LogP) is 3.63. The van der Waals surface area contributed by atoms with E-state index in [1.165, 1.54) is 6.08 Å². The maximum absolute atomic E-state index is 12.4. The number of H-pyrrole nitrogens is 1. The van der Waals surface area contributed by atoms with Gasteiger partial charge < -0.3 is 10.1 Å². The van der Waals surface area contributed by atoms with Crippen LogP contribution in [0.1, 0.15) is 5.56 Å². The number of anilines is 1. The third kappa shape index (κ3) is 3.79. The molecule has 0 saturated heterocycles. The number of carbonyl (C=O) groups excluding carboxylic acids is 1. The first-order valence-corrected chi connectivity index (χ1v) is 7.87. The molecule has 0 aliphatic carbocycles. The number of hydrogen-bond donors (Lipinski definition) is 2. The Balaban J connectivity index is 1.87. The van der Waals surface area contributed by atoms with Crippen molar-refractivity contribution < 1.29 is 9.53 Å². The number of para-hydroxylation sites is 1. The predicted molar refractivity (Wildman–Crippen MR) is 99.2 cm³/mol. The minimum absolute atomic E-state index is 0.00925. The van der Waals surface area contributed by atoms with Crippen LogP contribution in [0.25, 0.3) is 17.3 Å². The molecule has 0 bridgehead atoms. The highest BCUT2D eigenvalue weighted by atomic mass is 16.5. The summed E-state index contributed by atoms with van der Waals surface area (Å²) in [5.74, 6) is 0.269. The van der Waals surface area contributed by atoms with Gasteiger partial charge in [-0.2, -0.15) is 10.4 Å². The summed E-state index contributed by atoms with van der Waals surface area (Å²) < 4.78 is 5.15. The Hall–Kier alpha value is -3.85. The second-order valence-corrected chi connectivity index (χ2v) is 5.42. The fourth-order valence-electron chi connectivity index (χ4n) is 2.42. The highest BCUT2D eigenvalue weighted by Crippen LogP contribution is 2.25. The first kappa shape index (κ1) is 17.0. The van der Waals surface area contributed by atoms with Crippen LogP contribution >= 0.6 is 0 Å². The van der Waals surface area contributed by atoms with Gasteiger partial charge in [0.2, 0.25) is 0 Å². The molecular weight excluding hydrogens is 328 g/mol. The first-order valence-electron chi connectivity index (χ1n) is 7.87. The van der Waals surface area contributed by atoms with Crippen molar-refractivity contribution >= 4 is 17.7 Å². The molecule has 2 N–H and O–H groups in total. The number of methoxy groups -OCH3 is 1. The molecule has 1 amide bonds. The number of aromatic nitrogens is 2. The third-order valence-electron chi connectivity index (χ3n) is 3.74. The van der Waals surface area contributed by atoms with Crippen LogP contribution in [0.2, 0.25) is 0 Å². The van der Waals surface area contributed by atoms with Crippen molar-refractivity contribution in [1.29, 1.82) is 5.26 Å². The highest BCUT2D eigenvalue weighted by Gasteiger charge is 2.13. The molecule has 3 rings (SSSR count). The van der Waals surface area contributed by atoms with Gasteiger partial charge in [0.15, 0.2) is 0 Å². The summed E-state index contributed by atoms with van der Waals surface area (Å²) in [7, 11) is 1.60. The topological polar surface area (TPSA) is 90.8 Å². The molecule has 3 aromatic rings. The molecule has 0 aliphatic rings. The number of nitrogens with one attached hydrogen (secondary N) is 2. The number of rotatable bonds is 5. The second-order valence-electron chi connectivity index (χ2n) is 5.42. The van der Waals surface area contributed by atoms with E-state index in [2.05, 4.69) is 15.5 Å². The van der Waals surface area contributed by atoms with Gasteiger partial charge in [-0.15, -0.1) is 0 Å². The zero-order chi connectivity index (χ0) is 18.4. The van der Waals surface area contributed by atoms with Crippen molar-refractivity contribution in [2.45, 2.75) is 0 Å². The summed E-state index contributed by atoms with van der Waals surface area (Å²) in [5.41, 5.74) is 2.85. The van der Waals surface area contributed by atoms with Crippen molar-refractivity contribution in [3.05, 3.63) is 71.9 Å². The van der Waals surface area contributed by atoms with Crippen molar-refractivity contribution in [3.63, 3.8) is 0 Å². The zero-order valence-electron chi connectivity index (χ0n) is 14.1. The van der Waals surface area contributed by atoms with Gasteiger partial charge in [0.05, 0.1) is 19.0 Å². The van der Waals surface area contributed by atoms with Gasteiger partial charge in [0.1, 0.15) is 17.4 Å². The summed E-state index contributed by atoms with van der Waals surface area (Å²) in [6.07, 6.45) is 3.09. The molecule has 0 fully saturated rings. The SMILES string of the molecule is COc1ccc(-c2[nH]ncc2/C=C(/C#N)C(=O)Nc2ccccc2)cc1. The Kier molecular flexibility index (Phi) is 5.11. The molecular formula is C20H16N4O2. The van der Waals surface area contributed by atoms with Crippen LogP contribution in [0.3, 0.4) is 0 Å². The fourth-order valence-corrected chi connectivity index (χ4v) is 2.42. The summed E-state index contributed by atoms with van der Waals surface area (Å²) in [6, 6.07) is 18.3. The number of hydrogen-bond acceptors (Lipinski definition) is 4. The first-order chi connectivity index (χ1) is 12.7. The van der Waals surface area contributed by atoms with Crippen LogP contribution in [-0.4, -0.2) is 23.2 Å². The van der Waals surface area contributed by atoms with E-state index in [1.807, 2.05) is 48.5 Å². The number of nitriles is 1. The zero-order valence-corrected chi connectivity index (χ0v) is 14.1. The van der Waals surface area contributed by atoms with Crippen molar-refractivity contribution in [2.24, 2.45) is 0 Å². The molecule has 0 unspecified atom stereocenters. The molecule has 0 spiro atoms. The van der Waals surface area contributed by atoms with Gasteiger partial charge in [0, 0.05) is 16.8 Å². The van der Waals surface area contributed by atoms with E-state index in [-0.39, 0.29) is 5.57 Å². The van der Waals surface area contributed by atoms with E-state index >= 15 is 0 Å². The van der Waals surface area contributed by atoms with Gasteiger partial charge in [-0.3, -0.25) is 9.89 Å². The summed E-state index contributed by atoms with van der Waals surface area (Å²) in [5, 5.41) is 19.0. The Morgan fingerprint density at radius 1 is 1.19 bits per heavy atom. The molecule has 6 heteroatoms. The van der Waals surface area contributed by atoms with E-state index in [0.717, 1.165) is 11.3 Å². The van der Waals surface area contributed by atoms with Crippen LogP contribution in [0.5, 0.6) is 5.75 Å². The number of carbonyl (C=O) groups is 1. The van der Waals surface area contributed by atoms with Crippen LogP contribution in [0, 0.1) is 11.3 Å². The van der Waals surface area contributed by atoms with Crippen molar-refractivity contribution in [3.8, 4) is 23.1 Å². The van der Waals surface area contributed by atoms with E-state index in [1.54, 1.807) is 25.4 Å². The minimum atomic E-state index is -0.472. The van der Waals surface area contributed by atoms with Crippen LogP contribution in [0.4, 0.5) is 5.69 Å². The number of nitrogens with zero attached hydrogens (tertiary/aromatic N) is 2. The second kappa shape index (κ2) is 7.81. The summed E-state index contributed by atoms with van der Waals surface area (Å²) in [4.78, 5) is 12.4. The lowest BCUT2D eigenvalue weighted by Gasteiger charge is -2.05. The maximum atomic E-state index is 12.4. The Labute approximate surface area is 150 Å². The number of ether oxygens (including phenoxy) is 1. The summed E-state index contributed by atoms with van der Waals surface area (Å²) in [6.45, 7) is 0. The van der Waals surface area contributed by atoms with Gasteiger partial charge in [-0.25, -0.2) is 0 Å². The fraction of sp³-hybridized carbons (Fsp3) is 0.0500. The average molecular weight is 344 g/mol. The molecule has 0 saturated carbocycles. The monoisotopic (exact) mass is 344 g/mol. The largest absolute Gasteiger partial charge is 0.497 e. The van der Waals surface area contributed by atoms with E-state index in [0.29, 0.717) is 16.9 Å². The molecule has 26 heavy (non-hydrogen) atoms. The Morgan fingerprint density at radius 2 is 1.92 bits per heavy atom. The molecule has 1 heterocycles. The van der Waals surface area contributed by atoms with Gasteiger partial charge in [-0.05, 0) is 42.5 Å². The van der Waals surface area contributed by atoms with Crippen LogP contribution in [0.15, 0.2) is 66.4 Å². The van der Waals surface area contributed by atoms with E-state index in [4.69, 9.17) is 4.74 Å². The maximum Gasteiger partial charge on any atom is 0.266 e. The average Bonchev–Trinajstić information content (AvgIpc) is 3.15. The smallest absolute Gasteiger partial charge is 0.266 e. The highest BCUT2D eigenvalue weighted by molar-refractivity contribution is 6.10. The van der Waals surface area contributed by atoms with Crippen molar-refractivity contribution in [1.82, 2.24) is 10.2 Å². The van der Waals surface area contributed by atoms with Gasteiger partial charge in [0.25, 0.3) is 5.91 Å². The standard InChI is InChI=1S/C20H16N4O2/c1-26-18-9-7-14(8-10-18)19-16(13-22-24-19)11-15(12-21)20(25)23-17-5-3-2-4-6-17/h2-11,13H,1H3,(H,22,24)(H,23,25)/b15-11-. The molecule has 0 atom stereocenters. The van der Waals surface area contributed by atoms with Gasteiger partial charge >= 0.3 is 0 Å². The molecule has 0 aliphatic heterocycles. The van der Waals surface area contributed by atoms with Crippen LogP contribution in [-0.2, 0) is 4.79 Å². The molecule has 128 valence electrons. The van der Waals surface area contributed by atoms with E-state index < -0.39 is 5.91 Å². The lowest BCUT2D eigenvalue weighted by molar-refractivity contribution is -0.112. The Bertz CT molecular complexity index is 967. The molecule has 1 aromatic heterocycles. The molecule has 6 nitrogen and oxygen atoms in total. The normalized spacial score (nSPS) is 10.8. The van der Waals surface area contributed by atoms with Gasteiger partial charge in [-0.1, -0.05) is 18.2 Å². The third-order valence-corrected chi connectivity index (χ3v) is 3.74. The summed E-state index contributed by atoms with van der Waals surface area (Å²) >= 11 is 0. The molecule has 2 aromatic carbocycles. The van der Waals surface area contributed by atoms with Crippen molar-refractivity contribution in [2.75, 3.05) is 12.4 Å². The lowest BCUT2D eigenvalue weighted by Crippen LogP contribution is -2.13. The van der Waals surface area contributed by atoms with E-state index in [9.17, 15) is 10.1 Å². The van der Waals surface area contributed by atoms with Crippen LogP contribution < -0.4 is 10.1 Å². The number of amides is 1. The lowest BCUT2D eigenvalue weighted by atomic mass is 10.1. The number of aromatic amines is 1. The quantitative estimate of drug-likeness (QED) is 0.546.